The number of rotatable bonds is 6. The molecule has 12 heteroatoms. The Morgan fingerprint density at radius 2 is 1.92 bits per heavy atom. The maximum Gasteiger partial charge on any atom is 0.406 e. The highest BCUT2D eigenvalue weighted by molar-refractivity contribution is 6.32. The van der Waals surface area contributed by atoms with Gasteiger partial charge in [0.2, 0.25) is 0 Å². The summed E-state index contributed by atoms with van der Waals surface area (Å²) < 4.78 is 43.5. The summed E-state index contributed by atoms with van der Waals surface area (Å²) in [4.78, 5) is 38.3. The van der Waals surface area contributed by atoms with E-state index >= 15 is 0 Å². The Balaban J connectivity index is 2.32. The minimum absolute atomic E-state index is 0.0129. The highest BCUT2D eigenvalue weighted by Gasteiger charge is 2.35. The summed E-state index contributed by atoms with van der Waals surface area (Å²) in [6.07, 6.45) is -1.24. The predicted molar refractivity (Wildman–Crippen MR) is 82.4 cm³/mol. The molecule has 2 aromatic heterocycles. The van der Waals surface area contributed by atoms with Crippen LogP contribution in [0.25, 0.3) is 0 Å². The Bertz CT molecular complexity index is 796. The second-order valence-corrected chi connectivity index (χ2v) is 5.28. The van der Waals surface area contributed by atoms with Gasteiger partial charge in [0.05, 0.1) is 25.2 Å². The topological polar surface area (TPSA) is 101 Å². The minimum atomic E-state index is -4.69. The second kappa shape index (κ2) is 8.13. The molecule has 0 aliphatic carbocycles. The van der Waals surface area contributed by atoms with E-state index in [4.69, 9.17) is 16.3 Å². The minimum Gasteiger partial charge on any atom is -0.461 e. The zero-order valence-corrected chi connectivity index (χ0v) is 14.1. The second-order valence-electron chi connectivity index (χ2n) is 4.92. The van der Waals surface area contributed by atoms with Gasteiger partial charge in [-0.15, -0.1) is 0 Å². The van der Waals surface area contributed by atoms with Gasteiger partial charge in [-0.3, -0.25) is 4.79 Å². The quantitative estimate of drug-likeness (QED) is 0.758. The van der Waals surface area contributed by atoms with E-state index in [9.17, 15) is 22.8 Å². The number of hydrogen-bond acceptors (Lipinski definition) is 6. The van der Waals surface area contributed by atoms with Gasteiger partial charge in [-0.1, -0.05) is 11.6 Å². The van der Waals surface area contributed by atoms with Crippen molar-refractivity contribution < 1.29 is 27.5 Å². The lowest BCUT2D eigenvalue weighted by molar-refractivity contribution is -0.141. The van der Waals surface area contributed by atoms with E-state index < -0.39 is 36.8 Å². The lowest BCUT2D eigenvalue weighted by Gasteiger charge is -2.23. The maximum absolute atomic E-state index is 12.9. The molecule has 26 heavy (non-hydrogen) atoms. The van der Waals surface area contributed by atoms with Crippen molar-refractivity contribution in [3.63, 3.8) is 0 Å². The van der Waals surface area contributed by atoms with Gasteiger partial charge >= 0.3 is 12.1 Å². The molecule has 8 nitrogen and oxygen atoms in total. The van der Waals surface area contributed by atoms with Crippen molar-refractivity contribution in [3.05, 3.63) is 41.0 Å². The number of alkyl halides is 3. The van der Waals surface area contributed by atoms with Gasteiger partial charge in [0.15, 0.2) is 16.5 Å². The number of imidazole rings is 1. The van der Waals surface area contributed by atoms with Gasteiger partial charge in [-0.2, -0.15) is 13.2 Å². The molecule has 0 bridgehead atoms. The Morgan fingerprint density at radius 3 is 2.54 bits per heavy atom. The highest BCUT2D eigenvalue weighted by Crippen LogP contribution is 2.21. The Morgan fingerprint density at radius 1 is 1.23 bits per heavy atom. The molecule has 1 N–H and O–H groups in total. The van der Waals surface area contributed by atoms with Gasteiger partial charge in [0.1, 0.15) is 6.54 Å². The van der Waals surface area contributed by atoms with Gasteiger partial charge in [0.25, 0.3) is 5.91 Å². The number of nitrogens with one attached hydrogen (secondary N) is 1. The molecule has 140 valence electrons. The van der Waals surface area contributed by atoms with Crippen LogP contribution in [0.5, 0.6) is 0 Å². The largest absolute Gasteiger partial charge is 0.461 e. The fraction of sp³-hybridized carbons (Fsp3) is 0.357. The first-order chi connectivity index (χ1) is 12.2. The average molecular weight is 392 g/mol. The van der Waals surface area contributed by atoms with Crippen LogP contribution in [0.3, 0.4) is 0 Å². The zero-order valence-electron chi connectivity index (χ0n) is 13.4. The van der Waals surface area contributed by atoms with Crippen LogP contribution in [0.15, 0.2) is 18.7 Å². The number of amides is 1. The van der Waals surface area contributed by atoms with Crippen molar-refractivity contribution in [3.8, 4) is 0 Å². The van der Waals surface area contributed by atoms with Crippen molar-refractivity contribution >= 4 is 23.5 Å². The van der Waals surface area contributed by atoms with Crippen LogP contribution in [0.4, 0.5) is 13.2 Å². The molecular weight excluding hydrogens is 379 g/mol. The smallest absolute Gasteiger partial charge is 0.406 e. The molecule has 0 aliphatic heterocycles. The molecule has 0 saturated heterocycles. The van der Waals surface area contributed by atoms with Crippen molar-refractivity contribution in [2.24, 2.45) is 0 Å². The number of ether oxygens (including phenoxy) is 1. The third kappa shape index (κ3) is 4.91. The summed E-state index contributed by atoms with van der Waals surface area (Å²) in [7, 11) is 0. The number of H-pyrrole nitrogens is 1. The van der Waals surface area contributed by atoms with Gasteiger partial charge in [-0.25, -0.2) is 19.7 Å². The summed E-state index contributed by atoms with van der Waals surface area (Å²) in [6, 6.07) is 0. The molecule has 0 spiro atoms. The Kier molecular flexibility index (Phi) is 6.14. The molecule has 1 amide bonds. The molecule has 0 fully saturated rings. The molecule has 0 saturated carbocycles. The van der Waals surface area contributed by atoms with Crippen molar-refractivity contribution in [2.45, 2.75) is 19.6 Å². The molecule has 2 rings (SSSR count). The molecule has 0 aliphatic rings. The van der Waals surface area contributed by atoms with E-state index in [1.165, 1.54) is 6.20 Å². The number of carbonyl (C=O) groups is 2. The Labute approximate surface area is 150 Å². The monoisotopic (exact) mass is 391 g/mol. The zero-order chi connectivity index (χ0) is 19.3. The van der Waals surface area contributed by atoms with Crippen LogP contribution in [-0.2, 0) is 11.3 Å². The first-order valence-electron chi connectivity index (χ1n) is 7.24. The maximum atomic E-state index is 12.9. The van der Waals surface area contributed by atoms with E-state index in [2.05, 4.69) is 19.9 Å². The normalized spacial score (nSPS) is 11.3. The number of aromatic nitrogens is 4. The van der Waals surface area contributed by atoms with Gasteiger partial charge in [-0.05, 0) is 6.92 Å². The standard InChI is InChI=1S/C14H13ClF3N5O3/c1-2-26-13(25)9-8(21-7-22-9)5-23(6-14(16,17)18)12(24)10-11(15)20-4-3-19-10/h3-4,7H,2,5-6H2,1H3,(H,21,22). The predicted octanol–water partition coefficient (Wildman–Crippen LogP) is 2.23. The van der Waals surface area contributed by atoms with Crippen molar-refractivity contribution in [2.75, 3.05) is 13.2 Å². The fourth-order valence-electron chi connectivity index (χ4n) is 2.04. The summed E-state index contributed by atoms with van der Waals surface area (Å²) in [5, 5.41) is -0.333. The molecule has 0 radical (unpaired) electrons. The van der Waals surface area contributed by atoms with Gasteiger partial charge < -0.3 is 14.6 Å². The molecule has 0 unspecified atom stereocenters. The van der Waals surface area contributed by atoms with Crippen LogP contribution in [0.2, 0.25) is 5.15 Å². The SMILES string of the molecule is CCOC(=O)c1nc[nH]c1CN(CC(F)(F)F)C(=O)c1nccnc1Cl. The molecule has 2 aromatic rings. The third-order valence-electron chi connectivity index (χ3n) is 3.05. The van der Waals surface area contributed by atoms with Crippen LogP contribution < -0.4 is 0 Å². The van der Waals surface area contributed by atoms with Gasteiger partial charge in [0, 0.05) is 12.4 Å². The molecular formula is C14H13ClF3N5O3. The van der Waals surface area contributed by atoms with E-state index in [0.717, 1.165) is 12.5 Å². The highest BCUT2D eigenvalue weighted by atomic mass is 35.5. The van der Waals surface area contributed by atoms with E-state index in [1.54, 1.807) is 6.92 Å². The fourth-order valence-corrected chi connectivity index (χ4v) is 2.22. The number of hydrogen-bond donors (Lipinski definition) is 1. The van der Waals surface area contributed by atoms with Crippen molar-refractivity contribution in [1.82, 2.24) is 24.8 Å². The lowest BCUT2D eigenvalue weighted by atomic mass is 10.2. The first kappa shape index (κ1) is 19.6. The van der Waals surface area contributed by atoms with E-state index in [-0.39, 0.29) is 23.1 Å². The summed E-state index contributed by atoms with van der Waals surface area (Å²) in [5.74, 6) is -1.91. The summed E-state index contributed by atoms with van der Waals surface area (Å²) in [6.45, 7) is -0.537. The molecule has 0 atom stereocenters. The van der Waals surface area contributed by atoms with Crippen LogP contribution >= 0.6 is 11.6 Å². The number of carbonyl (C=O) groups excluding carboxylic acids is 2. The van der Waals surface area contributed by atoms with Crippen LogP contribution in [-0.4, -0.2) is 56.0 Å². The first-order valence-corrected chi connectivity index (χ1v) is 7.62. The number of halogens is 4. The number of aromatic amines is 1. The third-order valence-corrected chi connectivity index (χ3v) is 3.33. The average Bonchev–Trinajstić information content (AvgIpc) is 3.01. The Hall–Kier alpha value is -2.69. The molecule has 2 heterocycles. The van der Waals surface area contributed by atoms with Crippen molar-refractivity contribution in [1.29, 1.82) is 0 Å². The van der Waals surface area contributed by atoms with E-state index in [0.29, 0.717) is 4.90 Å². The van der Waals surface area contributed by atoms with Crippen LogP contribution in [0.1, 0.15) is 33.6 Å². The molecule has 0 aromatic carbocycles. The summed E-state index contributed by atoms with van der Waals surface area (Å²) in [5.41, 5.74) is -0.659. The summed E-state index contributed by atoms with van der Waals surface area (Å²) >= 11 is 5.74. The number of esters is 1. The number of nitrogens with zero attached hydrogens (tertiary/aromatic N) is 4. The van der Waals surface area contributed by atoms with Crippen LogP contribution in [0, 0.1) is 0 Å². The lowest BCUT2D eigenvalue weighted by Crippen LogP contribution is -2.39. The van der Waals surface area contributed by atoms with E-state index in [1.807, 2.05) is 0 Å².